The van der Waals surface area contributed by atoms with Crippen molar-refractivity contribution in [2.75, 3.05) is 19.6 Å². The Morgan fingerprint density at radius 3 is 2.90 bits per heavy atom. The van der Waals surface area contributed by atoms with Crippen molar-refractivity contribution in [1.82, 2.24) is 9.62 Å². The molecule has 1 aromatic heterocycles. The minimum atomic E-state index is -3.51. The zero-order valence-electron chi connectivity index (χ0n) is 12.1. The van der Waals surface area contributed by atoms with E-state index in [1.54, 1.807) is 12.1 Å². The predicted molar refractivity (Wildman–Crippen MR) is 77.8 cm³/mol. The highest BCUT2D eigenvalue weighted by Crippen LogP contribution is 2.22. The van der Waals surface area contributed by atoms with Crippen LogP contribution >= 0.6 is 0 Å². The fourth-order valence-electron chi connectivity index (χ4n) is 2.19. The number of sulfonamides is 1. The van der Waals surface area contributed by atoms with Crippen LogP contribution in [0.1, 0.15) is 32.4 Å². The first-order chi connectivity index (χ1) is 9.54. The fourth-order valence-corrected chi connectivity index (χ4v) is 3.62. The summed E-state index contributed by atoms with van der Waals surface area (Å²) in [6.07, 6.45) is 3.87. The van der Waals surface area contributed by atoms with Crippen molar-refractivity contribution in [2.24, 2.45) is 0 Å². The Labute approximate surface area is 120 Å². The third-order valence-electron chi connectivity index (χ3n) is 3.25. The second kappa shape index (κ2) is 6.56. The Balaban J connectivity index is 2.08. The molecule has 0 fully saturated rings. The molecule has 0 spiro atoms. The van der Waals surface area contributed by atoms with Gasteiger partial charge in [0, 0.05) is 13.1 Å². The van der Waals surface area contributed by atoms with Crippen molar-refractivity contribution < 1.29 is 12.8 Å². The van der Waals surface area contributed by atoms with E-state index in [-0.39, 0.29) is 5.09 Å². The first-order valence-corrected chi connectivity index (χ1v) is 8.43. The summed E-state index contributed by atoms with van der Waals surface area (Å²) >= 11 is 0. The molecule has 2 rings (SSSR count). The number of nitrogens with zero attached hydrogens (tertiary/aromatic N) is 1. The lowest BCUT2D eigenvalue weighted by atomic mass is 10.2. The zero-order chi connectivity index (χ0) is 14.6. The molecule has 6 heteroatoms. The Morgan fingerprint density at radius 2 is 2.20 bits per heavy atom. The van der Waals surface area contributed by atoms with E-state index in [1.807, 2.05) is 6.92 Å². The van der Waals surface area contributed by atoms with Crippen LogP contribution in [0.4, 0.5) is 0 Å². The molecule has 2 heterocycles. The molecular weight excluding hydrogens is 276 g/mol. The molecule has 1 aliphatic heterocycles. The molecule has 0 bridgehead atoms. The van der Waals surface area contributed by atoms with Crippen LogP contribution in [0.5, 0.6) is 0 Å². The van der Waals surface area contributed by atoms with E-state index in [0.29, 0.717) is 25.4 Å². The molecule has 0 saturated carbocycles. The summed E-state index contributed by atoms with van der Waals surface area (Å²) in [5.74, 6) is 0.654. The second-order valence-corrected chi connectivity index (χ2v) is 6.94. The van der Waals surface area contributed by atoms with Crippen molar-refractivity contribution in [3.05, 3.63) is 29.5 Å². The number of nitrogens with one attached hydrogen (secondary N) is 1. The Kier molecular flexibility index (Phi) is 5.01. The van der Waals surface area contributed by atoms with Gasteiger partial charge in [0.25, 0.3) is 10.0 Å². The fraction of sp³-hybridized carbons (Fsp3) is 0.571. The van der Waals surface area contributed by atoms with Gasteiger partial charge in [-0.1, -0.05) is 18.6 Å². The normalized spacial score (nSPS) is 17.2. The molecule has 0 amide bonds. The van der Waals surface area contributed by atoms with Gasteiger partial charge in [0.15, 0.2) is 0 Å². The molecule has 20 heavy (non-hydrogen) atoms. The molecule has 0 aromatic carbocycles. The van der Waals surface area contributed by atoms with Gasteiger partial charge in [-0.3, -0.25) is 0 Å². The Hall–Kier alpha value is -1.11. The third-order valence-corrected chi connectivity index (χ3v) is 4.97. The maximum Gasteiger partial charge on any atom is 0.276 e. The molecular formula is C14H22N2O3S. The van der Waals surface area contributed by atoms with Gasteiger partial charge in [0.1, 0.15) is 5.76 Å². The largest absolute Gasteiger partial charge is 0.447 e. The van der Waals surface area contributed by atoms with E-state index in [0.717, 1.165) is 25.0 Å². The van der Waals surface area contributed by atoms with Crippen LogP contribution in [0.25, 0.3) is 0 Å². The van der Waals surface area contributed by atoms with Crippen LogP contribution in [0.3, 0.4) is 0 Å². The van der Waals surface area contributed by atoms with Gasteiger partial charge >= 0.3 is 0 Å². The lowest BCUT2D eigenvalue weighted by Crippen LogP contribution is -2.35. The molecule has 0 aliphatic carbocycles. The summed E-state index contributed by atoms with van der Waals surface area (Å²) in [6.45, 7) is 6.44. The summed E-state index contributed by atoms with van der Waals surface area (Å²) < 4.78 is 31.9. The zero-order valence-corrected chi connectivity index (χ0v) is 12.9. The van der Waals surface area contributed by atoms with Crippen molar-refractivity contribution in [1.29, 1.82) is 0 Å². The SMILES string of the molecule is CCCNCc1ccc(S(=O)(=O)N2CCC=C(C)C2)o1. The highest BCUT2D eigenvalue weighted by atomic mass is 32.2. The van der Waals surface area contributed by atoms with E-state index in [2.05, 4.69) is 18.3 Å². The van der Waals surface area contributed by atoms with Crippen LogP contribution < -0.4 is 5.32 Å². The summed E-state index contributed by atoms with van der Waals surface area (Å²) in [7, 11) is -3.51. The molecule has 1 aliphatic rings. The highest BCUT2D eigenvalue weighted by molar-refractivity contribution is 7.89. The van der Waals surface area contributed by atoms with Gasteiger partial charge in [0.2, 0.25) is 5.09 Å². The second-order valence-electron chi connectivity index (χ2n) is 5.08. The molecule has 0 unspecified atom stereocenters. The van der Waals surface area contributed by atoms with E-state index in [9.17, 15) is 8.42 Å². The van der Waals surface area contributed by atoms with Crippen LogP contribution in [0.2, 0.25) is 0 Å². The number of hydrogen-bond donors (Lipinski definition) is 1. The van der Waals surface area contributed by atoms with Crippen molar-refractivity contribution >= 4 is 10.0 Å². The van der Waals surface area contributed by atoms with Gasteiger partial charge in [-0.2, -0.15) is 4.31 Å². The summed E-state index contributed by atoms with van der Waals surface area (Å²) in [5, 5.41) is 3.23. The number of rotatable bonds is 6. The van der Waals surface area contributed by atoms with Gasteiger partial charge in [-0.25, -0.2) is 8.42 Å². The monoisotopic (exact) mass is 298 g/mol. The average molecular weight is 298 g/mol. The smallest absolute Gasteiger partial charge is 0.276 e. The minimum absolute atomic E-state index is 0.0421. The topological polar surface area (TPSA) is 62.6 Å². The van der Waals surface area contributed by atoms with Gasteiger partial charge in [0.05, 0.1) is 6.54 Å². The first kappa shape index (κ1) is 15.3. The summed E-state index contributed by atoms with van der Waals surface area (Å²) in [4.78, 5) is 0. The molecule has 0 radical (unpaired) electrons. The molecule has 0 atom stereocenters. The van der Waals surface area contributed by atoms with Crippen LogP contribution in [0.15, 0.2) is 33.3 Å². The molecule has 1 aromatic rings. The highest BCUT2D eigenvalue weighted by Gasteiger charge is 2.28. The van der Waals surface area contributed by atoms with Crippen LogP contribution in [-0.2, 0) is 16.6 Å². The maximum absolute atomic E-state index is 12.5. The van der Waals surface area contributed by atoms with Gasteiger partial charge in [-0.05, 0) is 38.4 Å². The molecule has 0 saturated heterocycles. The Morgan fingerprint density at radius 1 is 1.40 bits per heavy atom. The standard InChI is InChI=1S/C14H22N2O3S/c1-3-8-15-10-13-6-7-14(19-13)20(17,18)16-9-4-5-12(2)11-16/h5-7,15H,3-4,8-11H2,1-2H3. The van der Waals surface area contributed by atoms with E-state index >= 15 is 0 Å². The lowest BCUT2D eigenvalue weighted by Gasteiger charge is -2.24. The van der Waals surface area contributed by atoms with Crippen molar-refractivity contribution in [3.63, 3.8) is 0 Å². The molecule has 1 N–H and O–H groups in total. The summed E-state index contributed by atoms with van der Waals surface area (Å²) in [6, 6.07) is 3.27. The van der Waals surface area contributed by atoms with Gasteiger partial charge in [-0.15, -0.1) is 0 Å². The number of hydrogen-bond acceptors (Lipinski definition) is 4. The predicted octanol–water partition coefficient (Wildman–Crippen LogP) is 2.12. The Bertz CT molecular complexity index is 575. The van der Waals surface area contributed by atoms with E-state index in [4.69, 9.17) is 4.42 Å². The minimum Gasteiger partial charge on any atom is -0.447 e. The van der Waals surface area contributed by atoms with E-state index in [1.165, 1.54) is 4.31 Å². The summed E-state index contributed by atoms with van der Waals surface area (Å²) in [5.41, 5.74) is 1.08. The maximum atomic E-state index is 12.5. The van der Waals surface area contributed by atoms with Crippen molar-refractivity contribution in [2.45, 2.75) is 38.3 Å². The average Bonchev–Trinajstić information content (AvgIpc) is 2.88. The first-order valence-electron chi connectivity index (χ1n) is 6.99. The quantitative estimate of drug-likeness (QED) is 0.645. The van der Waals surface area contributed by atoms with E-state index < -0.39 is 10.0 Å². The third kappa shape index (κ3) is 3.50. The molecule has 5 nitrogen and oxygen atoms in total. The van der Waals surface area contributed by atoms with Crippen LogP contribution in [0, 0.1) is 0 Å². The van der Waals surface area contributed by atoms with Gasteiger partial charge < -0.3 is 9.73 Å². The molecule has 112 valence electrons. The van der Waals surface area contributed by atoms with Crippen molar-refractivity contribution in [3.8, 4) is 0 Å². The number of furan rings is 1. The van der Waals surface area contributed by atoms with Crippen LogP contribution in [-0.4, -0.2) is 32.4 Å². The lowest BCUT2D eigenvalue weighted by molar-refractivity contribution is 0.369.